The predicted molar refractivity (Wildman–Crippen MR) is 100 cm³/mol. The Morgan fingerprint density at radius 2 is 2.22 bits per heavy atom. The monoisotopic (exact) mass is 368 g/mol. The fraction of sp³-hybridized carbons (Fsp3) is 0.350. The summed E-state index contributed by atoms with van der Waals surface area (Å²) in [6.45, 7) is 2.01. The Morgan fingerprint density at radius 3 is 2.85 bits per heavy atom. The molecule has 2 heterocycles. The number of halogens is 1. The molecular weight excluding hydrogens is 347 g/mol. The van der Waals surface area contributed by atoms with E-state index in [4.69, 9.17) is 0 Å². The number of hydrogen-bond donors (Lipinski definition) is 2. The molecule has 0 spiro atoms. The van der Waals surface area contributed by atoms with Gasteiger partial charge in [0.1, 0.15) is 11.5 Å². The molecule has 1 aliphatic rings. The van der Waals surface area contributed by atoms with Crippen molar-refractivity contribution < 1.29 is 14.3 Å². The first-order valence-electron chi connectivity index (χ1n) is 9.13. The molecule has 0 amide bonds. The lowest BCUT2D eigenvalue weighted by Gasteiger charge is -2.44. The van der Waals surface area contributed by atoms with E-state index < -0.39 is 11.4 Å². The van der Waals surface area contributed by atoms with E-state index in [0.29, 0.717) is 36.5 Å². The highest BCUT2D eigenvalue weighted by Crippen LogP contribution is 2.51. The Hall–Kier alpha value is -2.96. The molecule has 3 aromatic rings. The van der Waals surface area contributed by atoms with Crippen molar-refractivity contribution in [2.45, 2.75) is 38.6 Å². The van der Waals surface area contributed by atoms with Crippen molar-refractivity contribution in [1.82, 2.24) is 14.5 Å². The summed E-state index contributed by atoms with van der Waals surface area (Å²) in [6, 6.07) is 7.82. The fourth-order valence-corrected chi connectivity index (χ4v) is 4.05. The lowest BCUT2D eigenvalue weighted by Crippen LogP contribution is -2.45. The first kappa shape index (κ1) is 17.5. The summed E-state index contributed by atoms with van der Waals surface area (Å²) in [6.07, 6.45) is 6.58. The smallest absolute Gasteiger partial charge is 0.311 e. The lowest BCUT2D eigenvalue weighted by atomic mass is 9.63. The molecule has 4 rings (SSSR count). The quantitative estimate of drug-likeness (QED) is 0.669. The van der Waals surface area contributed by atoms with E-state index >= 15 is 0 Å². The third kappa shape index (κ3) is 2.93. The molecular formula is C20H21FN4O2. The van der Waals surface area contributed by atoms with Crippen LogP contribution in [0.3, 0.4) is 0 Å². The molecule has 6 nitrogen and oxygen atoms in total. The minimum absolute atomic E-state index is 0.168. The lowest BCUT2D eigenvalue weighted by molar-refractivity contribution is -0.159. The Bertz CT molecular complexity index is 997. The number of aliphatic carboxylic acids is 1. The van der Waals surface area contributed by atoms with Crippen LogP contribution in [0.5, 0.6) is 0 Å². The van der Waals surface area contributed by atoms with Crippen molar-refractivity contribution in [3.05, 3.63) is 48.5 Å². The minimum atomic E-state index is -0.741. The molecule has 7 heteroatoms. The van der Waals surface area contributed by atoms with E-state index in [-0.39, 0.29) is 11.9 Å². The number of carboxylic acid groups (broad SMARTS) is 1. The van der Waals surface area contributed by atoms with Gasteiger partial charge in [0.2, 0.25) is 5.95 Å². The van der Waals surface area contributed by atoms with E-state index in [2.05, 4.69) is 15.3 Å². The van der Waals surface area contributed by atoms with Crippen molar-refractivity contribution in [3.8, 4) is 0 Å². The van der Waals surface area contributed by atoms with Gasteiger partial charge in [-0.05, 0) is 43.5 Å². The van der Waals surface area contributed by atoms with Gasteiger partial charge in [-0.15, -0.1) is 0 Å². The molecule has 0 aliphatic heterocycles. The maximum Gasteiger partial charge on any atom is 0.311 e. The molecule has 0 saturated heterocycles. The molecule has 2 aromatic heterocycles. The maximum absolute atomic E-state index is 13.4. The highest BCUT2D eigenvalue weighted by atomic mass is 19.1. The SMILES string of the molecule is CCC(n1ccc2cnc(Nc3cccc(F)c3)nc21)C1(C(=O)O)CCC1. The summed E-state index contributed by atoms with van der Waals surface area (Å²) in [5.41, 5.74) is 0.505. The molecule has 1 saturated carbocycles. The largest absolute Gasteiger partial charge is 0.481 e. The highest BCUT2D eigenvalue weighted by molar-refractivity contribution is 5.79. The van der Waals surface area contributed by atoms with Crippen LogP contribution in [-0.2, 0) is 4.79 Å². The predicted octanol–water partition coefficient (Wildman–Crippen LogP) is 4.52. The first-order chi connectivity index (χ1) is 13.0. The van der Waals surface area contributed by atoms with Crippen LogP contribution in [0.1, 0.15) is 38.6 Å². The van der Waals surface area contributed by atoms with Crippen LogP contribution in [0.2, 0.25) is 0 Å². The Balaban J connectivity index is 1.72. The van der Waals surface area contributed by atoms with Crippen LogP contribution in [0, 0.1) is 11.2 Å². The number of fused-ring (bicyclic) bond motifs is 1. The number of hydrogen-bond acceptors (Lipinski definition) is 4. The van der Waals surface area contributed by atoms with E-state index in [9.17, 15) is 14.3 Å². The third-order valence-electron chi connectivity index (χ3n) is 5.57. The summed E-state index contributed by atoms with van der Waals surface area (Å²) < 4.78 is 15.4. The number of rotatable bonds is 6. The molecule has 1 atom stereocenters. The number of nitrogens with one attached hydrogen (secondary N) is 1. The van der Waals surface area contributed by atoms with Crippen LogP contribution in [-0.4, -0.2) is 25.6 Å². The van der Waals surface area contributed by atoms with E-state index in [1.165, 1.54) is 12.1 Å². The van der Waals surface area contributed by atoms with Crippen molar-refractivity contribution >= 4 is 28.6 Å². The zero-order chi connectivity index (χ0) is 19.0. The second-order valence-electron chi connectivity index (χ2n) is 7.07. The summed E-state index contributed by atoms with van der Waals surface area (Å²) in [7, 11) is 0. The third-order valence-corrected chi connectivity index (χ3v) is 5.57. The number of aromatic nitrogens is 3. The fourth-order valence-electron chi connectivity index (χ4n) is 4.05. The van der Waals surface area contributed by atoms with Gasteiger partial charge in [-0.1, -0.05) is 19.4 Å². The zero-order valence-corrected chi connectivity index (χ0v) is 15.0. The van der Waals surface area contributed by atoms with Gasteiger partial charge >= 0.3 is 5.97 Å². The second-order valence-corrected chi connectivity index (χ2v) is 7.07. The van der Waals surface area contributed by atoms with Crippen molar-refractivity contribution in [2.24, 2.45) is 5.41 Å². The number of benzene rings is 1. The molecule has 140 valence electrons. The topological polar surface area (TPSA) is 80.0 Å². The Labute approximate surface area is 156 Å². The number of carboxylic acids is 1. The standard InChI is InChI=1S/C20H21FN4O2/c1-2-16(20(18(26)27)8-4-9-20)25-10-7-13-12-22-19(24-17(13)25)23-15-6-3-5-14(21)11-15/h3,5-7,10-12,16H,2,4,8-9H2,1H3,(H,26,27)(H,22,23,24). The normalized spacial score (nSPS) is 16.7. The van der Waals surface area contributed by atoms with Gasteiger partial charge in [0, 0.05) is 23.5 Å². The molecule has 1 unspecified atom stereocenters. The summed E-state index contributed by atoms with van der Waals surface area (Å²) >= 11 is 0. The van der Waals surface area contributed by atoms with Gasteiger partial charge in [0.25, 0.3) is 0 Å². The van der Waals surface area contributed by atoms with Gasteiger partial charge in [0.05, 0.1) is 11.5 Å². The zero-order valence-electron chi connectivity index (χ0n) is 15.0. The van der Waals surface area contributed by atoms with E-state index in [0.717, 1.165) is 11.8 Å². The van der Waals surface area contributed by atoms with Crippen LogP contribution < -0.4 is 5.32 Å². The van der Waals surface area contributed by atoms with Crippen molar-refractivity contribution in [1.29, 1.82) is 0 Å². The van der Waals surface area contributed by atoms with Gasteiger partial charge in [-0.2, -0.15) is 4.98 Å². The summed E-state index contributed by atoms with van der Waals surface area (Å²) in [5.74, 6) is -0.737. The average Bonchev–Trinajstić information content (AvgIpc) is 3.00. The van der Waals surface area contributed by atoms with Gasteiger partial charge < -0.3 is 15.0 Å². The van der Waals surface area contributed by atoms with E-state index in [1.807, 2.05) is 23.8 Å². The van der Waals surface area contributed by atoms with E-state index in [1.54, 1.807) is 18.3 Å². The first-order valence-corrected chi connectivity index (χ1v) is 9.13. The van der Waals surface area contributed by atoms with Crippen LogP contribution in [0.4, 0.5) is 16.0 Å². The molecule has 2 N–H and O–H groups in total. The average molecular weight is 368 g/mol. The van der Waals surface area contributed by atoms with Crippen LogP contribution in [0.15, 0.2) is 42.7 Å². The summed E-state index contributed by atoms with van der Waals surface area (Å²) in [4.78, 5) is 20.9. The minimum Gasteiger partial charge on any atom is -0.481 e. The molecule has 27 heavy (non-hydrogen) atoms. The molecule has 0 radical (unpaired) electrons. The molecule has 1 aromatic carbocycles. The molecule has 1 aliphatic carbocycles. The molecule has 0 bridgehead atoms. The van der Waals surface area contributed by atoms with Crippen LogP contribution >= 0.6 is 0 Å². The van der Waals surface area contributed by atoms with Gasteiger partial charge in [-0.25, -0.2) is 9.37 Å². The molecule has 1 fully saturated rings. The Kier molecular flexibility index (Phi) is 4.30. The maximum atomic E-state index is 13.4. The highest BCUT2D eigenvalue weighted by Gasteiger charge is 2.51. The number of nitrogens with zero attached hydrogens (tertiary/aromatic N) is 3. The van der Waals surface area contributed by atoms with Crippen molar-refractivity contribution in [3.63, 3.8) is 0 Å². The number of carbonyl (C=O) groups is 1. The Morgan fingerprint density at radius 1 is 1.41 bits per heavy atom. The number of anilines is 2. The van der Waals surface area contributed by atoms with Crippen LogP contribution in [0.25, 0.3) is 11.0 Å². The van der Waals surface area contributed by atoms with Crippen molar-refractivity contribution in [2.75, 3.05) is 5.32 Å². The van der Waals surface area contributed by atoms with Gasteiger partial charge in [-0.3, -0.25) is 4.79 Å². The summed E-state index contributed by atoms with van der Waals surface area (Å²) in [5, 5.41) is 13.7. The van der Waals surface area contributed by atoms with Gasteiger partial charge in [0.15, 0.2) is 0 Å². The second kappa shape index (κ2) is 6.64.